The number of nitrogens with one attached hydrogen (secondary N) is 2. The Bertz CT molecular complexity index is 782. The number of sulfone groups is 1. The number of piperidine rings is 1. The summed E-state index contributed by atoms with van der Waals surface area (Å²) < 4.78 is 25.9. The van der Waals surface area contributed by atoms with Crippen LogP contribution in [0.5, 0.6) is 0 Å². The zero-order chi connectivity index (χ0) is 18.9. The molecule has 2 aliphatic rings. The predicted octanol–water partition coefficient (Wildman–Crippen LogP) is 2.65. The van der Waals surface area contributed by atoms with Crippen LogP contribution in [0.25, 0.3) is 0 Å². The van der Waals surface area contributed by atoms with Crippen LogP contribution in [0, 0.1) is 13.8 Å². The molecule has 2 unspecified atom stereocenters. The van der Waals surface area contributed by atoms with Crippen LogP contribution in [0.2, 0.25) is 0 Å². The predicted molar refractivity (Wildman–Crippen MR) is 103 cm³/mol. The first-order chi connectivity index (χ1) is 12.3. The molecule has 5 nitrogen and oxygen atoms in total. The Hall–Kier alpha value is -1.40. The smallest absolute Gasteiger partial charge is 0.242 e. The van der Waals surface area contributed by atoms with Crippen molar-refractivity contribution in [3.8, 4) is 0 Å². The largest absolute Gasteiger partial charge is 0.352 e. The fraction of sp³-hybridized carbons (Fsp3) is 0.650. The van der Waals surface area contributed by atoms with Gasteiger partial charge in [0.2, 0.25) is 5.91 Å². The molecular weight excluding hydrogens is 348 g/mol. The average molecular weight is 379 g/mol. The van der Waals surface area contributed by atoms with Crippen molar-refractivity contribution in [3.63, 3.8) is 0 Å². The number of hydrogen-bond acceptors (Lipinski definition) is 4. The Balaban J connectivity index is 1.94. The summed E-state index contributed by atoms with van der Waals surface area (Å²) in [6, 6.07) is 5.84. The lowest BCUT2D eigenvalue weighted by Gasteiger charge is -2.33. The van der Waals surface area contributed by atoms with E-state index in [1.54, 1.807) is 13.0 Å². The van der Waals surface area contributed by atoms with Crippen LogP contribution >= 0.6 is 0 Å². The number of benzene rings is 1. The van der Waals surface area contributed by atoms with Gasteiger partial charge >= 0.3 is 0 Å². The number of amides is 1. The lowest BCUT2D eigenvalue weighted by molar-refractivity contribution is -0.124. The van der Waals surface area contributed by atoms with E-state index in [-0.39, 0.29) is 11.9 Å². The molecule has 0 aromatic heterocycles. The van der Waals surface area contributed by atoms with Gasteiger partial charge in [-0.25, -0.2) is 8.42 Å². The Labute approximate surface area is 156 Å². The van der Waals surface area contributed by atoms with E-state index < -0.39 is 14.6 Å². The third kappa shape index (κ3) is 3.41. The molecule has 1 heterocycles. The molecule has 0 radical (unpaired) electrons. The molecule has 6 heteroatoms. The SMILES string of the molecule is Cc1ccc(C)c(S(=O)(=O)C2(C(=O)NC3CCNC(C)C3)CCCC2)c1. The van der Waals surface area contributed by atoms with E-state index in [1.807, 2.05) is 19.1 Å². The highest BCUT2D eigenvalue weighted by atomic mass is 32.2. The summed E-state index contributed by atoms with van der Waals surface area (Å²) in [5, 5.41) is 6.45. The third-order valence-corrected chi connectivity index (χ3v) is 8.57. The Morgan fingerprint density at radius 2 is 1.92 bits per heavy atom. The first-order valence-electron chi connectivity index (χ1n) is 9.62. The van der Waals surface area contributed by atoms with E-state index in [0.29, 0.717) is 29.3 Å². The first kappa shape index (κ1) is 19.4. The second-order valence-electron chi connectivity index (χ2n) is 8.02. The van der Waals surface area contributed by atoms with Crippen molar-refractivity contribution in [1.29, 1.82) is 0 Å². The maximum Gasteiger partial charge on any atom is 0.242 e. The zero-order valence-electron chi connectivity index (χ0n) is 16.0. The highest BCUT2D eigenvalue weighted by molar-refractivity contribution is 7.93. The van der Waals surface area contributed by atoms with E-state index in [9.17, 15) is 13.2 Å². The molecule has 0 spiro atoms. The molecule has 1 aliphatic carbocycles. The molecule has 3 rings (SSSR count). The number of carbonyl (C=O) groups is 1. The molecule has 1 aromatic rings. The number of carbonyl (C=O) groups excluding carboxylic acids is 1. The second-order valence-corrected chi connectivity index (χ2v) is 10.3. The monoisotopic (exact) mass is 378 g/mol. The summed E-state index contributed by atoms with van der Waals surface area (Å²) in [6.45, 7) is 6.64. The minimum absolute atomic E-state index is 0.0463. The van der Waals surface area contributed by atoms with E-state index >= 15 is 0 Å². The normalized spacial score (nSPS) is 25.8. The van der Waals surface area contributed by atoms with Crippen LogP contribution in [0.4, 0.5) is 0 Å². The molecular formula is C20H30N2O3S. The van der Waals surface area contributed by atoms with Crippen LogP contribution in [-0.4, -0.2) is 37.7 Å². The summed E-state index contributed by atoms with van der Waals surface area (Å²) in [5.74, 6) is -0.296. The van der Waals surface area contributed by atoms with Crippen molar-refractivity contribution in [3.05, 3.63) is 29.3 Å². The summed E-state index contributed by atoms with van der Waals surface area (Å²) in [5.41, 5.74) is 1.61. The lowest BCUT2D eigenvalue weighted by Crippen LogP contribution is -2.55. The second kappa shape index (κ2) is 7.31. The van der Waals surface area contributed by atoms with Crippen molar-refractivity contribution in [2.45, 2.75) is 81.0 Å². The quantitative estimate of drug-likeness (QED) is 0.845. The molecule has 1 saturated carbocycles. The summed E-state index contributed by atoms with van der Waals surface area (Å²) in [4.78, 5) is 13.6. The van der Waals surface area contributed by atoms with Crippen molar-refractivity contribution >= 4 is 15.7 Å². The van der Waals surface area contributed by atoms with Crippen molar-refractivity contribution in [2.75, 3.05) is 6.54 Å². The van der Waals surface area contributed by atoms with Gasteiger partial charge in [-0.1, -0.05) is 25.0 Å². The van der Waals surface area contributed by atoms with E-state index in [4.69, 9.17) is 0 Å². The minimum atomic E-state index is -3.74. The standard InChI is InChI=1S/C20H30N2O3S/c1-14-6-7-15(2)18(12-14)26(24,25)20(9-4-5-10-20)19(23)22-17-8-11-21-16(3)13-17/h6-7,12,16-17,21H,4-5,8-11,13H2,1-3H3,(H,22,23). The molecule has 26 heavy (non-hydrogen) atoms. The zero-order valence-corrected chi connectivity index (χ0v) is 16.8. The van der Waals surface area contributed by atoms with E-state index in [2.05, 4.69) is 17.6 Å². The third-order valence-electron chi connectivity index (χ3n) is 5.93. The first-order valence-corrected chi connectivity index (χ1v) is 11.1. The highest BCUT2D eigenvalue weighted by Gasteiger charge is 2.53. The molecule has 1 saturated heterocycles. The van der Waals surface area contributed by atoms with Crippen LogP contribution in [-0.2, 0) is 14.6 Å². The molecule has 1 aromatic carbocycles. The molecule has 1 amide bonds. The fourth-order valence-corrected chi connectivity index (χ4v) is 6.73. The number of aryl methyl sites for hydroxylation is 2. The van der Waals surface area contributed by atoms with Gasteiger partial charge in [-0.15, -0.1) is 0 Å². The van der Waals surface area contributed by atoms with Crippen molar-refractivity contribution < 1.29 is 13.2 Å². The number of rotatable bonds is 4. The Morgan fingerprint density at radius 3 is 2.58 bits per heavy atom. The minimum Gasteiger partial charge on any atom is -0.352 e. The maximum absolute atomic E-state index is 13.6. The van der Waals surface area contributed by atoms with Gasteiger partial charge in [0.1, 0.15) is 0 Å². The van der Waals surface area contributed by atoms with Crippen LogP contribution in [0.15, 0.2) is 23.1 Å². The number of hydrogen-bond donors (Lipinski definition) is 2. The van der Waals surface area contributed by atoms with Gasteiger partial charge in [0.05, 0.1) is 4.90 Å². The van der Waals surface area contributed by atoms with E-state index in [1.165, 1.54) is 0 Å². The fourth-order valence-electron chi connectivity index (χ4n) is 4.35. The topological polar surface area (TPSA) is 75.3 Å². The van der Waals surface area contributed by atoms with Crippen LogP contribution < -0.4 is 10.6 Å². The molecule has 2 N–H and O–H groups in total. The Kier molecular flexibility index (Phi) is 5.45. The van der Waals surface area contributed by atoms with Gasteiger partial charge in [-0.2, -0.15) is 0 Å². The Morgan fingerprint density at radius 1 is 1.23 bits per heavy atom. The van der Waals surface area contributed by atoms with Crippen LogP contribution in [0.3, 0.4) is 0 Å². The van der Waals surface area contributed by atoms with Gasteiger partial charge in [-0.3, -0.25) is 4.79 Å². The summed E-state index contributed by atoms with van der Waals surface area (Å²) in [7, 11) is -3.74. The maximum atomic E-state index is 13.6. The van der Waals surface area contributed by atoms with Gasteiger partial charge < -0.3 is 10.6 Å². The lowest BCUT2D eigenvalue weighted by atomic mass is 9.98. The molecule has 1 aliphatic heterocycles. The van der Waals surface area contributed by atoms with Crippen molar-refractivity contribution in [1.82, 2.24) is 10.6 Å². The molecule has 0 bridgehead atoms. The van der Waals surface area contributed by atoms with Gasteiger partial charge in [0.15, 0.2) is 14.6 Å². The molecule has 2 atom stereocenters. The molecule has 144 valence electrons. The van der Waals surface area contributed by atoms with Crippen molar-refractivity contribution in [2.24, 2.45) is 0 Å². The molecule has 2 fully saturated rings. The summed E-state index contributed by atoms with van der Waals surface area (Å²) in [6.07, 6.45) is 4.06. The van der Waals surface area contributed by atoms with E-state index in [0.717, 1.165) is 37.8 Å². The highest BCUT2D eigenvalue weighted by Crippen LogP contribution is 2.42. The van der Waals surface area contributed by atoms with Crippen LogP contribution in [0.1, 0.15) is 56.6 Å². The van der Waals surface area contributed by atoms with Gasteiger partial charge in [0.25, 0.3) is 0 Å². The summed E-state index contributed by atoms with van der Waals surface area (Å²) >= 11 is 0. The van der Waals surface area contributed by atoms with Gasteiger partial charge in [-0.05, 0) is 70.2 Å². The van der Waals surface area contributed by atoms with Gasteiger partial charge in [0, 0.05) is 12.1 Å². The average Bonchev–Trinajstić information content (AvgIpc) is 3.08.